The molecule has 2 heteroatoms. The highest BCUT2D eigenvalue weighted by Crippen LogP contribution is 2.36. The lowest BCUT2D eigenvalue weighted by Gasteiger charge is -2.45. The van der Waals surface area contributed by atoms with Gasteiger partial charge in [-0.25, -0.2) is 0 Å². The van der Waals surface area contributed by atoms with Gasteiger partial charge in [0.05, 0.1) is 0 Å². The fraction of sp³-hybridized carbons (Fsp3) is 1.00. The highest BCUT2D eigenvalue weighted by Gasteiger charge is 2.34. The third kappa shape index (κ3) is 4.21. The van der Waals surface area contributed by atoms with Gasteiger partial charge < -0.3 is 10.6 Å². The van der Waals surface area contributed by atoms with Crippen molar-refractivity contribution in [2.45, 2.75) is 77.7 Å². The van der Waals surface area contributed by atoms with E-state index >= 15 is 0 Å². The zero-order chi connectivity index (χ0) is 14.4. The zero-order valence-corrected chi connectivity index (χ0v) is 13.8. The molecule has 3 atom stereocenters. The summed E-state index contributed by atoms with van der Waals surface area (Å²) in [5.74, 6) is 2.75. The summed E-state index contributed by atoms with van der Waals surface area (Å²) in [7, 11) is 0. The van der Waals surface area contributed by atoms with Crippen LogP contribution in [-0.2, 0) is 0 Å². The second-order valence-corrected chi connectivity index (χ2v) is 7.30. The number of rotatable bonds is 6. The number of nitrogens with zero attached hydrogens (tertiary/aromatic N) is 1. The molecule has 20 heavy (non-hydrogen) atoms. The maximum atomic E-state index is 6.07. The van der Waals surface area contributed by atoms with Crippen LogP contribution < -0.4 is 5.73 Å². The molecule has 0 aromatic carbocycles. The van der Waals surface area contributed by atoms with Gasteiger partial charge in [0.15, 0.2) is 0 Å². The molecule has 0 bridgehead atoms. The van der Waals surface area contributed by atoms with Crippen LogP contribution in [-0.4, -0.2) is 30.6 Å². The lowest BCUT2D eigenvalue weighted by atomic mass is 9.75. The largest absolute Gasteiger partial charge is 0.330 e. The lowest BCUT2D eigenvalue weighted by Crippen LogP contribution is -2.49. The molecule has 2 fully saturated rings. The number of nitrogens with two attached hydrogens (primary N) is 1. The van der Waals surface area contributed by atoms with Crippen molar-refractivity contribution < 1.29 is 0 Å². The van der Waals surface area contributed by atoms with E-state index < -0.39 is 0 Å². The molecule has 1 heterocycles. The summed E-state index contributed by atoms with van der Waals surface area (Å²) in [5, 5.41) is 0. The van der Waals surface area contributed by atoms with E-state index in [1.54, 1.807) is 0 Å². The summed E-state index contributed by atoms with van der Waals surface area (Å²) >= 11 is 0. The van der Waals surface area contributed by atoms with E-state index in [-0.39, 0.29) is 0 Å². The van der Waals surface area contributed by atoms with Gasteiger partial charge in [0.1, 0.15) is 0 Å². The van der Waals surface area contributed by atoms with Crippen molar-refractivity contribution in [2.24, 2.45) is 23.5 Å². The maximum absolute atomic E-state index is 6.07. The molecular formula is C18H36N2. The van der Waals surface area contributed by atoms with Crippen LogP contribution >= 0.6 is 0 Å². The van der Waals surface area contributed by atoms with Gasteiger partial charge in [-0.1, -0.05) is 46.0 Å². The van der Waals surface area contributed by atoms with Crippen LogP contribution in [0.25, 0.3) is 0 Å². The minimum absolute atomic E-state index is 0.769. The predicted molar refractivity (Wildman–Crippen MR) is 87.8 cm³/mol. The Balaban J connectivity index is 1.87. The van der Waals surface area contributed by atoms with E-state index in [1.165, 1.54) is 70.9 Å². The third-order valence-electron chi connectivity index (χ3n) is 5.88. The van der Waals surface area contributed by atoms with Gasteiger partial charge in [0.2, 0.25) is 0 Å². The Morgan fingerprint density at radius 2 is 1.55 bits per heavy atom. The first-order valence-corrected chi connectivity index (χ1v) is 9.22. The van der Waals surface area contributed by atoms with Crippen molar-refractivity contribution in [1.29, 1.82) is 0 Å². The van der Waals surface area contributed by atoms with Gasteiger partial charge in [0, 0.05) is 6.04 Å². The average molecular weight is 280 g/mol. The quantitative estimate of drug-likeness (QED) is 0.795. The Hall–Kier alpha value is -0.0800. The number of likely N-dealkylation sites (tertiary alicyclic amines) is 1. The van der Waals surface area contributed by atoms with Crippen LogP contribution in [0.3, 0.4) is 0 Å². The first kappa shape index (κ1) is 16.3. The summed E-state index contributed by atoms with van der Waals surface area (Å²) in [6.07, 6.45) is 12.7. The molecule has 2 aliphatic rings. The zero-order valence-electron chi connectivity index (χ0n) is 13.8. The maximum Gasteiger partial charge on any atom is 0.0138 e. The first-order chi connectivity index (χ1) is 9.78. The smallest absolute Gasteiger partial charge is 0.0138 e. The molecule has 3 unspecified atom stereocenters. The molecule has 0 radical (unpaired) electrons. The van der Waals surface area contributed by atoms with Gasteiger partial charge in [-0.15, -0.1) is 0 Å². The summed E-state index contributed by atoms with van der Waals surface area (Å²) in [4.78, 5) is 2.81. The van der Waals surface area contributed by atoms with Crippen LogP contribution in [0.1, 0.15) is 71.6 Å². The highest BCUT2D eigenvalue weighted by molar-refractivity contribution is 4.89. The molecule has 1 aliphatic carbocycles. The fourth-order valence-electron chi connectivity index (χ4n) is 4.67. The lowest BCUT2D eigenvalue weighted by molar-refractivity contribution is 0.0494. The molecule has 0 aromatic heterocycles. The summed E-state index contributed by atoms with van der Waals surface area (Å²) in [6, 6.07) is 0.799. The molecule has 118 valence electrons. The molecule has 2 N–H and O–H groups in total. The minimum Gasteiger partial charge on any atom is -0.330 e. The van der Waals surface area contributed by atoms with Gasteiger partial charge in [0.25, 0.3) is 0 Å². The molecule has 0 amide bonds. The summed E-state index contributed by atoms with van der Waals surface area (Å²) < 4.78 is 0. The molecule has 2 nitrogen and oxygen atoms in total. The SMILES string of the molecule is CCCC1CCN(C2CC(CCC)CCC2CN)CC1. The Kier molecular flexibility index (Phi) is 6.83. The van der Waals surface area contributed by atoms with Crippen molar-refractivity contribution in [1.82, 2.24) is 4.90 Å². The van der Waals surface area contributed by atoms with Gasteiger partial charge in [-0.2, -0.15) is 0 Å². The summed E-state index contributed by atoms with van der Waals surface area (Å²) in [5.41, 5.74) is 6.07. The standard InChI is InChI=1S/C18H36N2/c1-3-5-15-9-11-20(12-10-15)18-13-16(6-4-2)7-8-17(18)14-19/h15-18H,3-14,19H2,1-2H3. The van der Waals surface area contributed by atoms with E-state index in [0.29, 0.717) is 0 Å². The Bertz CT molecular complexity index is 258. The molecule has 0 aromatic rings. The van der Waals surface area contributed by atoms with Crippen molar-refractivity contribution >= 4 is 0 Å². The highest BCUT2D eigenvalue weighted by atomic mass is 15.2. The Morgan fingerprint density at radius 1 is 0.900 bits per heavy atom. The van der Waals surface area contributed by atoms with Crippen LogP contribution in [0.5, 0.6) is 0 Å². The molecule has 0 spiro atoms. The van der Waals surface area contributed by atoms with E-state index in [0.717, 1.165) is 30.3 Å². The second-order valence-electron chi connectivity index (χ2n) is 7.30. The van der Waals surface area contributed by atoms with Crippen molar-refractivity contribution in [3.63, 3.8) is 0 Å². The molecule has 1 saturated carbocycles. The predicted octanol–water partition coefficient (Wildman–Crippen LogP) is 4.04. The van der Waals surface area contributed by atoms with Gasteiger partial charge in [-0.05, 0) is 63.1 Å². The number of hydrogen-bond donors (Lipinski definition) is 1. The van der Waals surface area contributed by atoms with E-state index in [2.05, 4.69) is 18.7 Å². The Labute approximate surface area is 126 Å². The average Bonchev–Trinajstić information content (AvgIpc) is 2.49. The molecular weight excluding hydrogens is 244 g/mol. The topological polar surface area (TPSA) is 29.3 Å². The summed E-state index contributed by atoms with van der Waals surface area (Å²) in [6.45, 7) is 8.24. The third-order valence-corrected chi connectivity index (χ3v) is 5.88. The van der Waals surface area contributed by atoms with Crippen molar-refractivity contribution in [3.8, 4) is 0 Å². The fourth-order valence-corrected chi connectivity index (χ4v) is 4.67. The number of hydrogen-bond acceptors (Lipinski definition) is 2. The van der Waals surface area contributed by atoms with Crippen molar-refractivity contribution in [2.75, 3.05) is 19.6 Å². The first-order valence-electron chi connectivity index (χ1n) is 9.22. The Morgan fingerprint density at radius 3 is 2.15 bits per heavy atom. The van der Waals surface area contributed by atoms with E-state index in [4.69, 9.17) is 5.73 Å². The molecule has 1 aliphatic heterocycles. The molecule has 2 rings (SSSR count). The monoisotopic (exact) mass is 280 g/mol. The van der Waals surface area contributed by atoms with Crippen LogP contribution in [0.4, 0.5) is 0 Å². The van der Waals surface area contributed by atoms with Gasteiger partial charge in [-0.3, -0.25) is 0 Å². The van der Waals surface area contributed by atoms with E-state index in [1.807, 2.05) is 0 Å². The van der Waals surface area contributed by atoms with Crippen molar-refractivity contribution in [3.05, 3.63) is 0 Å². The second kappa shape index (κ2) is 8.38. The number of piperidine rings is 1. The van der Waals surface area contributed by atoms with E-state index in [9.17, 15) is 0 Å². The van der Waals surface area contributed by atoms with Crippen LogP contribution in [0.2, 0.25) is 0 Å². The van der Waals surface area contributed by atoms with Gasteiger partial charge >= 0.3 is 0 Å². The minimum atomic E-state index is 0.769. The normalized spacial score (nSPS) is 33.5. The molecule has 1 saturated heterocycles. The van der Waals surface area contributed by atoms with Crippen LogP contribution in [0.15, 0.2) is 0 Å². The van der Waals surface area contributed by atoms with Crippen LogP contribution in [0, 0.1) is 17.8 Å².